The van der Waals surface area contributed by atoms with Gasteiger partial charge in [-0.25, -0.2) is 4.98 Å². The van der Waals surface area contributed by atoms with Crippen molar-refractivity contribution in [1.29, 1.82) is 0 Å². The van der Waals surface area contributed by atoms with E-state index in [1.807, 2.05) is 0 Å². The molecule has 0 radical (unpaired) electrons. The summed E-state index contributed by atoms with van der Waals surface area (Å²) in [6.07, 6.45) is 3.18. The number of aromatic amines is 1. The minimum Gasteiger partial charge on any atom is -0.313 e. The average Bonchev–Trinajstić information content (AvgIpc) is 2.37. The molecule has 2 aromatic rings. The van der Waals surface area contributed by atoms with Crippen LogP contribution in [0.2, 0.25) is 0 Å². The normalized spacial score (nSPS) is 10.7. The first-order chi connectivity index (χ1) is 9.04. The molecule has 0 spiro atoms. The Balaban J connectivity index is 2.68. The highest BCUT2D eigenvalue weighted by atomic mass is 16.1. The molecule has 0 atom stereocenters. The van der Waals surface area contributed by atoms with E-state index in [9.17, 15) is 4.79 Å². The highest BCUT2D eigenvalue weighted by Crippen LogP contribution is 2.26. The highest BCUT2D eigenvalue weighted by Gasteiger charge is 2.13. The number of hydrogen-bond donors (Lipinski definition) is 1. The van der Waals surface area contributed by atoms with Gasteiger partial charge in [-0.2, -0.15) is 0 Å². The number of benzene rings is 1. The summed E-state index contributed by atoms with van der Waals surface area (Å²) in [4.78, 5) is 19.0. The van der Waals surface area contributed by atoms with Crippen molar-refractivity contribution < 1.29 is 0 Å². The van der Waals surface area contributed by atoms with Gasteiger partial charge in [0, 0.05) is 11.1 Å². The summed E-state index contributed by atoms with van der Waals surface area (Å²) in [5.41, 5.74) is 6.32. The van der Waals surface area contributed by atoms with Gasteiger partial charge in [-0.3, -0.25) is 4.79 Å². The smallest absolute Gasteiger partial charge is 0.254 e. The lowest BCUT2D eigenvalue weighted by Crippen LogP contribution is -2.15. The van der Waals surface area contributed by atoms with Gasteiger partial charge in [0.2, 0.25) is 0 Å². The lowest BCUT2D eigenvalue weighted by atomic mass is 9.95. The van der Waals surface area contributed by atoms with Gasteiger partial charge in [-0.1, -0.05) is 19.4 Å². The van der Waals surface area contributed by atoms with Crippen LogP contribution in [0.3, 0.4) is 0 Å². The summed E-state index contributed by atoms with van der Waals surface area (Å²) >= 11 is 0. The average molecular weight is 256 g/mol. The van der Waals surface area contributed by atoms with Crippen LogP contribution in [-0.4, -0.2) is 9.97 Å². The maximum Gasteiger partial charge on any atom is 0.254 e. The van der Waals surface area contributed by atoms with Crippen molar-refractivity contribution in [3.63, 3.8) is 0 Å². The Bertz CT molecular complexity index is 656. The van der Waals surface area contributed by atoms with Gasteiger partial charge in [-0.15, -0.1) is 0 Å². The second-order valence-corrected chi connectivity index (χ2v) is 5.06. The molecule has 1 heterocycles. The van der Waals surface area contributed by atoms with Crippen LogP contribution in [0.25, 0.3) is 11.3 Å². The fraction of sp³-hybridized carbons (Fsp3) is 0.375. The van der Waals surface area contributed by atoms with Crippen LogP contribution in [0.5, 0.6) is 0 Å². The van der Waals surface area contributed by atoms with Crippen molar-refractivity contribution in [2.75, 3.05) is 0 Å². The number of rotatable bonds is 3. The molecule has 0 unspecified atom stereocenters. The van der Waals surface area contributed by atoms with E-state index in [4.69, 9.17) is 0 Å². The molecular formula is C16H20N2O. The predicted molar refractivity (Wildman–Crippen MR) is 78.5 cm³/mol. The first-order valence-electron chi connectivity index (χ1n) is 6.69. The fourth-order valence-corrected chi connectivity index (χ4v) is 2.36. The summed E-state index contributed by atoms with van der Waals surface area (Å²) in [6.45, 7) is 8.33. The summed E-state index contributed by atoms with van der Waals surface area (Å²) < 4.78 is 0. The van der Waals surface area contributed by atoms with E-state index in [1.54, 1.807) is 0 Å². The Morgan fingerprint density at radius 1 is 1.11 bits per heavy atom. The van der Waals surface area contributed by atoms with Crippen LogP contribution in [0.4, 0.5) is 0 Å². The molecule has 0 saturated heterocycles. The summed E-state index contributed by atoms with van der Waals surface area (Å²) in [5.74, 6) is 0. The molecule has 0 fully saturated rings. The zero-order valence-corrected chi connectivity index (χ0v) is 12.0. The maximum absolute atomic E-state index is 12.0. The first kappa shape index (κ1) is 13.5. The van der Waals surface area contributed by atoms with Crippen molar-refractivity contribution in [2.45, 2.75) is 40.5 Å². The first-order valence-corrected chi connectivity index (χ1v) is 6.69. The van der Waals surface area contributed by atoms with Crippen molar-refractivity contribution in [2.24, 2.45) is 0 Å². The summed E-state index contributed by atoms with van der Waals surface area (Å²) in [5, 5.41) is 0. The lowest BCUT2D eigenvalue weighted by Gasteiger charge is -2.12. The van der Waals surface area contributed by atoms with E-state index in [1.165, 1.54) is 23.0 Å². The molecule has 3 heteroatoms. The van der Waals surface area contributed by atoms with Crippen LogP contribution < -0.4 is 5.56 Å². The van der Waals surface area contributed by atoms with E-state index >= 15 is 0 Å². The third-order valence-electron chi connectivity index (χ3n) is 3.55. The molecule has 19 heavy (non-hydrogen) atoms. The molecular weight excluding hydrogens is 236 g/mol. The molecule has 1 aromatic carbocycles. The topological polar surface area (TPSA) is 45.8 Å². The Morgan fingerprint density at radius 2 is 1.79 bits per heavy atom. The van der Waals surface area contributed by atoms with Crippen LogP contribution in [0, 0.1) is 20.8 Å². The maximum atomic E-state index is 12.0. The molecule has 2 rings (SSSR count). The Labute approximate surface area is 113 Å². The highest BCUT2D eigenvalue weighted by molar-refractivity contribution is 5.68. The van der Waals surface area contributed by atoms with Gasteiger partial charge >= 0.3 is 0 Å². The molecule has 100 valence electrons. The third-order valence-corrected chi connectivity index (χ3v) is 3.55. The number of nitrogens with one attached hydrogen (secondary N) is 1. The van der Waals surface area contributed by atoms with Crippen LogP contribution in [0.15, 0.2) is 23.3 Å². The monoisotopic (exact) mass is 256 g/mol. The number of aryl methyl sites for hydroxylation is 3. The van der Waals surface area contributed by atoms with Crippen molar-refractivity contribution in [3.05, 3.63) is 51.1 Å². The molecule has 0 aliphatic carbocycles. The van der Waals surface area contributed by atoms with Gasteiger partial charge in [0.05, 0.1) is 12.0 Å². The summed E-state index contributed by atoms with van der Waals surface area (Å²) in [6, 6.07) is 4.29. The Hall–Kier alpha value is -1.90. The Kier molecular flexibility index (Phi) is 3.84. The molecule has 3 nitrogen and oxygen atoms in total. The zero-order valence-electron chi connectivity index (χ0n) is 12.0. The second kappa shape index (κ2) is 5.39. The van der Waals surface area contributed by atoms with Gasteiger partial charge < -0.3 is 4.98 Å². The van der Waals surface area contributed by atoms with E-state index < -0.39 is 0 Å². The van der Waals surface area contributed by atoms with Crippen molar-refractivity contribution in [3.8, 4) is 11.3 Å². The van der Waals surface area contributed by atoms with Gasteiger partial charge in [-0.05, 0) is 49.9 Å². The van der Waals surface area contributed by atoms with Crippen molar-refractivity contribution >= 4 is 0 Å². The molecule has 0 bridgehead atoms. The number of nitrogens with zero attached hydrogens (tertiary/aromatic N) is 1. The largest absolute Gasteiger partial charge is 0.313 e. The van der Waals surface area contributed by atoms with Crippen LogP contribution in [0.1, 0.15) is 35.6 Å². The Morgan fingerprint density at radius 3 is 2.47 bits per heavy atom. The number of H-pyrrole nitrogens is 1. The van der Waals surface area contributed by atoms with E-state index in [-0.39, 0.29) is 5.56 Å². The molecule has 0 aliphatic heterocycles. The molecule has 1 N–H and O–H groups in total. The lowest BCUT2D eigenvalue weighted by molar-refractivity contribution is 0.887. The number of hydrogen-bond acceptors (Lipinski definition) is 2. The van der Waals surface area contributed by atoms with Gasteiger partial charge in [0.15, 0.2) is 0 Å². The van der Waals surface area contributed by atoms with E-state index in [2.05, 4.69) is 49.8 Å². The van der Waals surface area contributed by atoms with Crippen LogP contribution >= 0.6 is 0 Å². The van der Waals surface area contributed by atoms with Gasteiger partial charge in [0.1, 0.15) is 0 Å². The van der Waals surface area contributed by atoms with E-state index in [0.29, 0.717) is 0 Å². The minimum absolute atomic E-state index is 0.0236. The minimum atomic E-state index is -0.0236. The van der Waals surface area contributed by atoms with Crippen LogP contribution in [-0.2, 0) is 6.42 Å². The van der Waals surface area contributed by atoms with Gasteiger partial charge in [0.25, 0.3) is 5.56 Å². The standard InChI is InChI=1S/C16H20N2O/c1-5-6-13-15(17-9-18-16(13)19)14-8-11(3)10(2)7-12(14)4/h7-9H,5-6H2,1-4H3,(H,17,18,19). The predicted octanol–water partition coefficient (Wildman–Crippen LogP) is 3.31. The number of aromatic nitrogens is 2. The van der Waals surface area contributed by atoms with E-state index in [0.717, 1.165) is 29.7 Å². The fourth-order valence-electron chi connectivity index (χ4n) is 2.36. The molecule has 1 aromatic heterocycles. The zero-order chi connectivity index (χ0) is 14.0. The van der Waals surface area contributed by atoms with Crippen molar-refractivity contribution in [1.82, 2.24) is 9.97 Å². The SMILES string of the molecule is CCCc1c(-c2cc(C)c(C)cc2C)nc[nH]c1=O. The molecule has 0 aliphatic rings. The summed E-state index contributed by atoms with van der Waals surface area (Å²) in [7, 11) is 0. The quantitative estimate of drug-likeness (QED) is 0.915. The second-order valence-electron chi connectivity index (χ2n) is 5.06. The third kappa shape index (κ3) is 2.60. The molecule has 0 saturated carbocycles. The molecule has 0 amide bonds.